The SMILES string of the molecule is COc1ccc(C(=O)NCc2nnc(SCC(=O)N3N=C(c4cccs4)CC3c3ccc(C)cc3)n2-c2cccc(C)c2)cc1. The number of carbonyl (C=O) groups is 2. The minimum atomic E-state index is -0.239. The summed E-state index contributed by atoms with van der Waals surface area (Å²) < 4.78 is 7.08. The largest absolute Gasteiger partial charge is 0.497 e. The first-order chi connectivity index (χ1) is 21.9. The molecule has 0 spiro atoms. The first kappa shape index (κ1) is 30.3. The number of thiophene rings is 1. The van der Waals surface area contributed by atoms with Crippen molar-refractivity contribution in [2.45, 2.75) is 38.0 Å². The van der Waals surface area contributed by atoms with E-state index in [2.05, 4.69) is 46.7 Å². The minimum Gasteiger partial charge on any atom is -0.497 e. The third-order valence-corrected chi connectivity index (χ3v) is 9.31. The zero-order valence-corrected chi connectivity index (χ0v) is 26.8. The molecule has 0 radical (unpaired) electrons. The van der Waals surface area contributed by atoms with Gasteiger partial charge in [-0.25, -0.2) is 5.01 Å². The van der Waals surface area contributed by atoms with Crippen molar-refractivity contribution >= 4 is 40.6 Å². The second kappa shape index (κ2) is 13.5. The number of benzene rings is 3. The number of hydrogen-bond donors (Lipinski definition) is 1. The second-order valence-corrected chi connectivity index (χ2v) is 12.6. The Balaban J connectivity index is 1.22. The van der Waals surface area contributed by atoms with Crippen LogP contribution in [0.15, 0.2) is 101 Å². The van der Waals surface area contributed by atoms with Crippen molar-refractivity contribution in [3.05, 3.63) is 123 Å². The average Bonchev–Trinajstić information content (AvgIpc) is 3.83. The van der Waals surface area contributed by atoms with Crippen molar-refractivity contribution in [1.82, 2.24) is 25.1 Å². The maximum absolute atomic E-state index is 13.8. The van der Waals surface area contributed by atoms with Crippen LogP contribution in [0.2, 0.25) is 0 Å². The highest BCUT2D eigenvalue weighted by Crippen LogP contribution is 2.35. The molecule has 0 aliphatic carbocycles. The van der Waals surface area contributed by atoms with Gasteiger partial charge in [-0.2, -0.15) is 5.10 Å². The third kappa shape index (κ3) is 6.84. The van der Waals surface area contributed by atoms with Crippen molar-refractivity contribution in [1.29, 1.82) is 0 Å². The number of thioether (sulfide) groups is 1. The molecule has 9 nitrogen and oxygen atoms in total. The molecule has 2 aromatic heterocycles. The quantitative estimate of drug-likeness (QED) is 0.179. The molecule has 0 saturated heterocycles. The Kier molecular flexibility index (Phi) is 9.08. The second-order valence-electron chi connectivity index (χ2n) is 10.7. The maximum atomic E-state index is 13.8. The Labute approximate surface area is 270 Å². The van der Waals surface area contributed by atoms with Crippen LogP contribution < -0.4 is 10.1 Å². The van der Waals surface area contributed by atoms with E-state index in [0.29, 0.717) is 28.7 Å². The van der Waals surface area contributed by atoms with Crippen molar-refractivity contribution in [3.63, 3.8) is 0 Å². The van der Waals surface area contributed by atoms with E-state index in [1.165, 1.54) is 11.8 Å². The smallest absolute Gasteiger partial charge is 0.253 e. The van der Waals surface area contributed by atoms with Gasteiger partial charge in [0, 0.05) is 17.7 Å². The number of carbonyl (C=O) groups excluding carboxylic acids is 2. The molecule has 1 aliphatic heterocycles. The summed E-state index contributed by atoms with van der Waals surface area (Å²) in [5.41, 5.74) is 5.54. The van der Waals surface area contributed by atoms with Gasteiger partial charge < -0.3 is 10.1 Å². The molecule has 3 aromatic carbocycles. The highest BCUT2D eigenvalue weighted by molar-refractivity contribution is 7.99. The van der Waals surface area contributed by atoms with E-state index in [1.54, 1.807) is 47.7 Å². The third-order valence-electron chi connectivity index (χ3n) is 7.48. The summed E-state index contributed by atoms with van der Waals surface area (Å²) in [6.07, 6.45) is 0.650. The summed E-state index contributed by atoms with van der Waals surface area (Å²) in [5, 5.41) is 20.8. The Morgan fingerprint density at radius 3 is 2.49 bits per heavy atom. The molecule has 6 rings (SSSR count). The van der Waals surface area contributed by atoms with Crippen LogP contribution in [0.3, 0.4) is 0 Å². The average molecular weight is 637 g/mol. The number of nitrogens with one attached hydrogen (secondary N) is 1. The van der Waals surface area contributed by atoms with Gasteiger partial charge in [0.15, 0.2) is 11.0 Å². The number of rotatable bonds is 10. The summed E-state index contributed by atoms with van der Waals surface area (Å²) in [6, 6.07) is 27.0. The summed E-state index contributed by atoms with van der Waals surface area (Å²) >= 11 is 2.92. The summed E-state index contributed by atoms with van der Waals surface area (Å²) in [5.74, 6) is 0.983. The standard InChI is InChI=1S/C34H32N6O3S2/c1-22-9-11-24(12-10-22)29-19-28(30-8-5-17-44-30)38-40(29)32(41)21-45-34-37-36-31(39(34)26-7-4-6-23(2)18-26)20-35-33(42)25-13-15-27(43-3)16-14-25/h4-18,29H,19-21H2,1-3H3,(H,35,42). The Morgan fingerprint density at radius 1 is 0.978 bits per heavy atom. The lowest BCUT2D eigenvalue weighted by molar-refractivity contribution is -0.130. The van der Waals surface area contributed by atoms with Crippen LogP contribution in [0.1, 0.15) is 50.2 Å². The fourth-order valence-electron chi connectivity index (χ4n) is 5.11. The van der Waals surface area contributed by atoms with E-state index in [1.807, 2.05) is 53.3 Å². The molecule has 11 heteroatoms. The lowest BCUT2D eigenvalue weighted by atomic mass is 10.00. The van der Waals surface area contributed by atoms with Gasteiger partial charge in [0.05, 0.1) is 36.0 Å². The van der Waals surface area contributed by atoms with E-state index >= 15 is 0 Å². The van der Waals surface area contributed by atoms with Crippen LogP contribution in [-0.2, 0) is 11.3 Å². The Bertz CT molecular complexity index is 1830. The number of hydrogen-bond acceptors (Lipinski definition) is 8. The monoisotopic (exact) mass is 636 g/mol. The van der Waals surface area contributed by atoms with Crippen molar-refractivity contribution in [3.8, 4) is 11.4 Å². The van der Waals surface area contributed by atoms with Crippen molar-refractivity contribution < 1.29 is 14.3 Å². The van der Waals surface area contributed by atoms with Crippen LogP contribution in [0.25, 0.3) is 5.69 Å². The van der Waals surface area contributed by atoms with Crippen LogP contribution >= 0.6 is 23.1 Å². The number of aryl methyl sites for hydroxylation is 2. The number of nitrogens with zero attached hydrogens (tertiary/aromatic N) is 5. The van der Waals surface area contributed by atoms with Gasteiger partial charge in [0.1, 0.15) is 5.75 Å². The number of methoxy groups -OCH3 is 1. The summed E-state index contributed by atoms with van der Waals surface area (Å²) in [4.78, 5) is 27.7. The van der Waals surface area contributed by atoms with E-state index in [-0.39, 0.29) is 30.2 Å². The van der Waals surface area contributed by atoms with Gasteiger partial charge >= 0.3 is 0 Å². The molecule has 1 N–H and O–H groups in total. The summed E-state index contributed by atoms with van der Waals surface area (Å²) in [7, 11) is 1.58. The van der Waals surface area contributed by atoms with Gasteiger partial charge in [-0.3, -0.25) is 14.2 Å². The molecule has 0 fully saturated rings. The molecule has 2 amide bonds. The van der Waals surface area contributed by atoms with E-state index in [0.717, 1.165) is 33.0 Å². The van der Waals surface area contributed by atoms with Gasteiger partial charge in [-0.1, -0.05) is 59.8 Å². The lowest BCUT2D eigenvalue weighted by Gasteiger charge is -2.22. The fraction of sp³-hybridized carbons (Fsp3) is 0.206. The number of hydrazone groups is 1. The maximum Gasteiger partial charge on any atom is 0.253 e. The van der Waals surface area contributed by atoms with E-state index in [4.69, 9.17) is 9.84 Å². The van der Waals surface area contributed by atoms with Gasteiger partial charge in [-0.15, -0.1) is 21.5 Å². The normalized spacial score (nSPS) is 14.3. The molecule has 5 aromatic rings. The predicted octanol–water partition coefficient (Wildman–Crippen LogP) is 6.35. The predicted molar refractivity (Wildman–Crippen MR) is 177 cm³/mol. The Morgan fingerprint density at radius 2 is 1.78 bits per heavy atom. The van der Waals surface area contributed by atoms with Crippen LogP contribution in [0.4, 0.5) is 0 Å². The molecular weight excluding hydrogens is 605 g/mol. The lowest BCUT2D eigenvalue weighted by Crippen LogP contribution is -2.28. The first-order valence-electron chi connectivity index (χ1n) is 14.5. The molecule has 1 unspecified atom stereocenters. The first-order valence-corrected chi connectivity index (χ1v) is 16.3. The highest BCUT2D eigenvalue weighted by Gasteiger charge is 2.33. The Hall–Kier alpha value is -4.74. The van der Waals surface area contributed by atoms with Crippen molar-refractivity contribution in [2.24, 2.45) is 5.10 Å². The molecular formula is C34H32N6O3S2. The number of amides is 2. The molecule has 45 heavy (non-hydrogen) atoms. The van der Waals surface area contributed by atoms with Gasteiger partial charge in [0.2, 0.25) is 0 Å². The van der Waals surface area contributed by atoms with Crippen LogP contribution in [-0.4, -0.2) is 50.2 Å². The fourth-order valence-corrected chi connectivity index (χ4v) is 6.66. The molecule has 0 saturated carbocycles. The molecule has 3 heterocycles. The minimum absolute atomic E-state index is 0.117. The zero-order valence-electron chi connectivity index (χ0n) is 25.1. The molecule has 0 bridgehead atoms. The van der Waals surface area contributed by atoms with Crippen molar-refractivity contribution in [2.75, 3.05) is 12.9 Å². The topological polar surface area (TPSA) is 102 Å². The molecule has 1 atom stereocenters. The van der Waals surface area contributed by atoms with Crippen LogP contribution in [0, 0.1) is 13.8 Å². The van der Waals surface area contributed by atoms with E-state index < -0.39 is 0 Å². The summed E-state index contributed by atoms with van der Waals surface area (Å²) in [6.45, 7) is 4.21. The molecule has 1 aliphatic rings. The van der Waals surface area contributed by atoms with Gasteiger partial charge in [-0.05, 0) is 72.8 Å². The highest BCUT2D eigenvalue weighted by atomic mass is 32.2. The van der Waals surface area contributed by atoms with E-state index in [9.17, 15) is 9.59 Å². The van der Waals surface area contributed by atoms with Crippen LogP contribution in [0.5, 0.6) is 5.75 Å². The molecule has 228 valence electrons. The number of ether oxygens (including phenoxy) is 1. The number of aromatic nitrogens is 3. The van der Waals surface area contributed by atoms with Gasteiger partial charge in [0.25, 0.3) is 11.8 Å². The zero-order chi connectivity index (χ0) is 31.3.